The van der Waals surface area contributed by atoms with Gasteiger partial charge in [0.05, 0.1) is 0 Å². The number of benzene rings is 1. The van der Waals surface area contributed by atoms with Crippen LogP contribution in [-0.2, 0) is 4.79 Å². The Morgan fingerprint density at radius 2 is 2.09 bits per heavy atom. The lowest BCUT2D eigenvalue weighted by Crippen LogP contribution is -2.44. The smallest absolute Gasteiger partial charge is 0.257 e. The number of ether oxygens (including phenoxy) is 1. The molecule has 1 aliphatic heterocycles. The van der Waals surface area contributed by atoms with Gasteiger partial charge in [0.15, 0.2) is 18.2 Å². The molecule has 1 heterocycles. The van der Waals surface area contributed by atoms with Crippen LogP contribution in [0.3, 0.4) is 0 Å². The lowest BCUT2D eigenvalue weighted by molar-refractivity contribution is -0.123. The summed E-state index contributed by atoms with van der Waals surface area (Å²) in [7, 11) is 0. The Balaban J connectivity index is 1.59. The number of nitrogens with one attached hydrogen (secondary N) is 2. The van der Waals surface area contributed by atoms with Crippen LogP contribution < -0.4 is 15.4 Å². The monoisotopic (exact) mass is 313 g/mol. The van der Waals surface area contributed by atoms with Gasteiger partial charge in [-0.2, -0.15) is 0 Å². The molecule has 1 aromatic rings. The van der Waals surface area contributed by atoms with Crippen LogP contribution >= 0.6 is 0 Å². The first-order valence-corrected chi connectivity index (χ1v) is 7.43. The normalized spacial score (nSPS) is 15.5. The van der Waals surface area contributed by atoms with Gasteiger partial charge in [0, 0.05) is 38.8 Å². The second-order valence-corrected chi connectivity index (χ2v) is 5.16. The van der Waals surface area contributed by atoms with E-state index >= 15 is 0 Å². The molecule has 22 heavy (non-hydrogen) atoms. The van der Waals surface area contributed by atoms with E-state index in [9.17, 15) is 13.6 Å². The number of halogens is 2. The molecule has 0 aromatic heterocycles. The second kappa shape index (κ2) is 8.65. The lowest BCUT2D eigenvalue weighted by atomic mass is 10.3. The zero-order valence-corrected chi connectivity index (χ0v) is 12.4. The van der Waals surface area contributed by atoms with Gasteiger partial charge >= 0.3 is 0 Å². The van der Waals surface area contributed by atoms with Crippen molar-refractivity contribution in [2.24, 2.45) is 0 Å². The van der Waals surface area contributed by atoms with Crippen molar-refractivity contribution in [1.29, 1.82) is 0 Å². The van der Waals surface area contributed by atoms with Crippen LogP contribution in [0, 0.1) is 11.6 Å². The summed E-state index contributed by atoms with van der Waals surface area (Å²) in [5.74, 6) is -1.94. The minimum absolute atomic E-state index is 0.127. The summed E-state index contributed by atoms with van der Waals surface area (Å²) in [6, 6.07) is 2.98. The number of nitrogens with zero attached hydrogens (tertiary/aromatic N) is 1. The molecule has 1 aliphatic rings. The van der Waals surface area contributed by atoms with Gasteiger partial charge in [-0.05, 0) is 25.1 Å². The number of hydrogen-bond donors (Lipinski definition) is 2. The minimum Gasteiger partial charge on any atom is -0.481 e. The van der Waals surface area contributed by atoms with Crippen molar-refractivity contribution in [3.8, 4) is 5.75 Å². The first-order chi connectivity index (χ1) is 10.6. The molecule has 1 aromatic carbocycles. The van der Waals surface area contributed by atoms with Gasteiger partial charge in [0.1, 0.15) is 5.82 Å². The van der Waals surface area contributed by atoms with Crippen LogP contribution in [0.5, 0.6) is 5.75 Å². The van der Waals surface area contributed by atoms with Crippen molar-refractivity contribution in [3.05, 3.63) is 29.8 Å². The zero-order chi connectivity index (χ0) is 15.8. The molecule has 0 unspecified atom stereocenters. The fourth-order valence-electron chi connectivity index (χ4n) is 2.25. The van der Waals surface area contributed by atoms with Gasteiger partial charge in [-0.1, -0.05) is 0 Å². The topological polar surface area (TPSA) is 53.6 Å². The van der Waals surface area contributed by atoms with Crippen LogP contribution in [0.2, 0.25) is 0 Å². The first-order valence-electron chi connectivity index (χ1n) is 7.43. The van der Waals surface area contributed by atoms with Crippen molar-refractivity contribution in [1.82, 2.24) is 15.5 Å². The summed E-state index contributed by atoms with van der Waals surface area (Å²) >= 11 is 0. The molecule has 5 nitrogen and oxygen atoms in total. The van der Waals surface area contributed by atoms with Gasteiger partial charge in [-0.15, -0.1) is 0 Å². The van der Waals surface area contributed by atoms with E-state index in [2.05, 4.69) is 15.5 Å². The number of carbonyl (C=O) groups excluding carboxylic acids is 1. The van der Waals surface area contributed by atoms with E-state index in [0.29, 0.717) is 6.54 Å². The third-order valence-corrected chi connectivity index (χ3v) is 3.44. The number of carbonyl (C=O) groups is 1. The lowest BCUT2D eigenvalue weighted by Gasteiger charge is -2.27. The Bertz CT molecular complexity index is 494. The van der Waals surface area contributed by atoms with E-state index in [0.717, 1.165) is 51.3 Å². The van der Waals surface area contributed by atoms with Crippen LogP contribution in [0.25, 0.3) is 0 Å². The molecular formula is C15H21F2N3O2. The van der Waals surface area contributed by atoms with Gasteiger partial charge in [0.25, 0.3) is 5.91 Å². The van der Waals surface area contributed by atoms with Crippen LogP contribution in [0.1, 0.15) is 6.42 Å². The molecular weight excluding hydrogens is 292 g/mol. The van der Waals surface area contributed by atoms with Gasteiger partial charge in [0.2, 0.25) is 0 Å². The van der Waals surface area contributed by atoms with E-state index in [1.54, 1.807) is 0 Å². The summed E-state index contributed by atoms with van der Waals surface area (Å²) in [6.07, 6.45) is 0.858. The molecule has 7 heteroatoms. The summed E-state index contributed by atoms with van der Waals surface area (Å²) in [5.41, 5.74) is 0. The molecule has 2 N–H and O–H groups in total. The summed E-state index contributed by atoms with van der Waals surface area (Å²) in [6.45, 7) is 5.28. The number of hydrogen-bond acceptors (Lipinski definition) is 4. The SMILES string of the molecule is O=C(COc1ccc(F)cc1F)NCCCN1CCNCC1. The maximum Gasteiger partial charge on any atom is 0.257 e. The highest BCUT2D eigenvalue weighted by atomic mass is 19.1. The van der Waals surface area contributed by atoms with Crippen LogP contribution in [0.15, 0.2) is 18.2 Å². The van der Waals surface area contributed by atoms with Crippen molar-refractivity contribution >= 4 is 5.91 Å². The molecule has 1 saturated heterocycles. The van der Waals surface area contributed by atoms with Crippen molar-refractivity contribution < 1.29 is 18.3 Å². The fraction of sp³-hybridized carbons (Fsp3) is 0.533. The molecule has 2 rings (SSSR count). The zero-order valence-electron chi connectivity index (χ0n) is 12.4. The van der Waals surface area contributed by atoms with E-state index in [1.165, 1.54) is 6.07 Å². The highest BCUT2D eigenvalue weighted by Crippen LogP contribution is 2.17. The molecule has 0 atom stereocenters. The van der Waals surface area contributed by atoms with Crippen LogP contribution in [0.4, 0.5) is 8.78 Å². The summed E-state index contributed by atoms with van der Waals surface area (Å²) in [5, 5.41) is 6.00. The predicted octanol–water partition coefficient (Wildman–Crippen LogP) is 0.755. The molecule has 1 fully saturated rings. The Kier molecular flexibility index (Phi) is 6.54. The van der Waals surface area contributed by atoms with Gasteiger partial charge in [-0.25, -0.2) is 8.78 Å². The molecule has 0 bridgehead atoms. The average molecular weight is 313 g/mol. The van der Waals surface area contributed by atoms with Gasteiger partial charge in [-0.3, -0.25) is 4.79 Å². The van der Waals surface area contributed by atoms with Crippen LogP contribution in [-0.4, -0.2) is 56.7 Å². The Morgan fingerprint density at radius 1 is 1.32 bits per heavy atom. The Morgan fingerprint density at radius 3 is 2.82 bits per heavy atom. The summed E-state index contributed by atoms with van der Waals surface area (Å²) < 4.78 is 31.1. The van der Waals surface area contributed by atoms with E-state index in [4.69, 9.17) is 4.74 Å². The molecule has 0 aliphatic carbocycles. The first kappa shape index (κ1) is 16.6. The predicted molar refractivity (Wildman–Crippen MR) is 78.8 cm³/mol. The molecule has 0 spiro atoms. The Hall–Kier alpha value is -1.73. The van der Waals surface area contributed by atoms with Crippen molar-refractivity contribution in [3.63, 3.8) is 0 Å². The standard InChI is InChI=1S/C15H21F2N3O2/c16-12-2-3-14(13(17)10-12)22-11-15(21)19-4-1-7-20-8-5-18-6-9-20/h2-3,10,18H,1,4-9,11H2,(H,19,21). The van der Waals surface area contributed by atoms with E-state index in [1.807, 2.05) is 0 Å². The minimum atomic E-state index is -0.813. The highest BCUT2D eigenvalue weighted by molar-refractivity contribution is 5.77. The largest absolute Gasteiger partial charge is 0.481 e. The van der Waals surface area contributed by atoms with E-state index < -0.39 is 11.6 Å². The number of amides is 1. The maximum atomic E-state index is 13.3. The van der Waals surface area contributed by atoms with E-state index in [-0.39, 0.29) is 18.3 Å². The third kappa shape index (κ3) is 5.57. The second-order valence-electron chi connectivity index (χ2n) is 5.16. The van der Waals surface area contributed by atoms with Crippen molar-refractivity contribution in [2.75, 3.05) is 45.9 Å². The van der Waals surface area contributed by atoms with Crippen molar-refractivity contribution in [2.45, 2.75) is 6.42 Å². The third-order valence-electron chi connectivity index (χ3n) is 3.44. The number of piperazine rings is 1. The summed E-state index contributed by atoms with van der Waals surface area (Å²) in [4.78, 5) is 13.9. The fourth-order valence-corrected chi connectivity index (χ4v) is 2.25. The Labute approximate surface area is 128 Å². The molecule has 122 valence electrons. The maximum absolute atomic E-state index is 13.3. The molecule has 0 radical (unpaired) electrons. The van der Waals surface area contributed by atoms with Gasteiger partial charge < -0.3 is 20.3 Å². The average Bonchev–Trinajstić information content (AvgIpc) is 2.52. The molecule has 1 amide bonds. The highest BCUT2D eigenvalue weighted by Gasteiger charge is 2.10. The quantitative estimate of drug-likeness (QED) is 0.730. The molecule has 0 saturated carbocycles. The number of rotatable bonds is 7.